The summed E-state index contributed by atoms with van der Waals surface area (Å²) >= 11 is 1.43. The van der Waals surface area contributed by atoms with E-state index in [2.05, 4.69) is 10.1 Å². The number of rotatable bonds is 7. The Labute approximate surface area is 159 Å². The first kappa shape index (κ1) is 22.1. The number of aliphatic hydroxyl groups is 1. The molecule has 0 aromatic heterocycles. The molecule has 0 aliphatic rings. The summed E-state index contributed by atoms with van der Waals surface area (Å²) in [6, 6.07) is 8.85. The summed E-state index contributed by atoms with van der Waals surface area (Å²) < 4.78 is 10.0. The number of carbonyl (C=O) groups is 2. The molecule has 0 aliphatic heterocycles. The van der Waals surface area contributed by atoms with Crippen LogP contribution in [0, 0.1) is 5.92 Å². The second-order valence-electron chi connectivity index (χ2n) is 6.72. The lowest BCUT2D eigenvalue weighted by Gasteiger charge is -2.29. The van der Waals surface area contributed by atoms with Crippen LogP contribution in [0.1, 0.15) is 27.7 Å². The van der Waals surface area contributed by atoms with Gasteiger partial charge < -0.3 is 19.9 Å². The summed E-state index contributed by atoms with van der Waals surface area (Å²) in [5, 5.41) is 14.5. The molecule has 144 valence electrons. The number of hydrogen-bond acceptors (Lipinski definition) is 6. The largest absolute Gasteiger partial charge is 0.460 e. The van der Waals surface area contributed by atoms with E-state index in [-0.39, 0.29) is 0 Å². The number of hydrogen-bond donors (Lipinski definition) is 2. The van der Waals surface area contributed by atoms with E-state index in [1.165, 1.54) is 25.8 Å². The van der Waals surface area contributed by atoms with E-state index >= 15 is 0 Å². The third-order valence-corrected chi connectivity index (χ3v) is 4.13. The summed E-state index contributed by atoms with van der Waals surface area (Å²) in [6.07, 6.45) is -0.0763. The molecule has 0 spiro atoms. The molecule has 0 unspecified atom stereocenters. The molecule has 0 heterocycles. The molecule has 0 fully saturated rings. The van der Waals surface area contributed by atoms with Gasteiger partial charge >= 0.3 is 12.1 Å². The van der Waals surface area contributed by atoms with Crippen molar-refractivity contribution in [3.8, 4) is 0 Å². The number of thioether (sulfide) groups is 1. The van der Waals surface area contributed by atoms with Crippen LogP contribution in [0.5, 0.6) is 0 Å². The Morgan fingerprint density at radius 2 is 1.85 bits per heavy atom. The summed E-state index contributed by atoms with van der Waals surface area (Å²) in [7, 11) is 1.24. The van der Waals surface area contributed by atoms with Crippen LogP contribution in [0.2, 0.25) is 0 Å². The summed E-state index contributed by atoms with van der Waals surface area (Å²) in [6.45, 7) is 6.72. The minimum Gasteiger partial charge on any atom is -0.460 e. The molecule has 1 amide bonds. The topological polar surface area (TPSA) is 84.9 Å². The van der Waals surface area contributed by atoms with Gasteiger partial charge in [-0.05, 0) is 45.2 Å². The molecule has 1 aromatic carbocycles. The highest BCUT2D eigenvalue weighted by molar-refractivity contribution is 8.02. The fourth-order valence-corrected chi connectivity index (χ4v) is 2.89. The van der Waals surface area contributed by atoms with Crippen LogP contribution in [0.15, 0.2) is 46.7 Å². The SMILES string of the molecule is COC(=O)N[C@@H](/C=C/Sc1ccccc1)[C@H](C(=O)OC(C)(C)C)[C@H](C)O. The molecular formula is C19H27NO5S. The van der Waals surface area contributed by atoms with Gasteiger partial charge in [0.25, 0.3) is 0 Å². The molecule has 0 saturated heterocycles. The van der Waals surface area contributed by atoms with E-state index in [4.69, 9.17) is 4.74 Å². The number of ether oxygens (including phenoxy) is 2. The Hall–Kier alpha value is -1.99. The molecule has 0 bridgehead atoms. The van der Waals surface area contributed by atoms with Crippen LogP contribution in [-0.4, -0.2) is 42.0 Å². The van der Waals surface area contributed by atoms with Gasteiger partial charge in [-0.15, -0.1) is 0 Å². The van der Waals surface area contributed by atoms with Crippen molar-refractivity contribution in [1.29, 1.82) is 0 Å². The van der Waals surface area contributed by atoms with Gasteiger partial charge in [0.15, 0.2) is 0 Å². The number of amides is 1. The number of aliphatic hydroxyl groups excluding tert-OH is 1. The van der Waals surface area contributed by atoms with E-state index < -0.39 is 35.7 Å². The van der Waals surface area contributed by atoms with Gasteiger partial charge in [-0.25, -0.2) is 4.79 Å². The first-order valence-corrected chi connectivity index (χ1v) is 9.16. The minimum absolute atomic E-state index is 0.594. The van der Waals surface area contributed by atoms with E-state index in [1.807, 2.05) is 30.3 Å². The van der Waals surface area contributed by atoms with E-state index in [0.29, 0.717) is 0 Å². The average Bonchev–Trinajstić information content (AvgIpc) is 2.53. The average molecular weight is 381 g/mol. The van der Waals surface area contributed by atoms with E-state index in [9.17, 15) is 14.7 Å². The molecule has 3 atom stereocenters. The van der Waals surface area contributed by atoms with Gasteiger partial charge in [-0.1, -0.05) is 36.0 Å². The molecule has 0 saturated carbocycles. The molecule has 7 heteroatoms. The Kier molecular flexibility index (Phi) is 8.68. The highest BCUT2D eigenvalue weighted by Gasteiger charge is 2.35. The van der Waals surface area contributed by atoms with Crippen molar-refractivity contribution < 1.29 is 24.2 Å². The van der Waals surface area contributed by atoms with Crippen molar-refractivity contribution in [1.82, 2.24) is 5.32 Å². The van der Waals surface area contributed by atoms with Crippen molar-refractivity contribution in [2.75, 3.05) is 7.11 Å². The first-order chi connectivity index (χ1) is 12.1. The van der Waals surface area contributed by atoms with Crippen molar-refractivity contribution >= 4 is 23.8 Å². The van der Waals surface area contributed by atoms with Crippen LogP contribution in [-0.2, 0) is 14.3 Å². The Morgan fingerprint density at radius 1 is 1.23 bits per heavy atom. The van der Waals surface area contributed by atoms with E-state index in [1.54, 1.807) is 32.3 Å². The fraction of sp³-hybridized carbons (Fsp3) is 0.474. The quantitative estimate of drug-likeness (QED) is 0.556. The molecular weight excluding hydrogens is 354 g/mol. The van der Waals surface area contributed by atoms with Crippen molar-refractivity contribution in [2.45, 2.75) is 50.3 Å². The number of benzene rings is 1. The summed E-state index contributed by atoms with van der Waals surface area (Å²) in [5.41, 5.74) is -0.706. The number of carbonyl (C=O) groups excluding carboxylic acids is 2. The third kappa shape index (κ3) is 7.93. The zero-order valence-corrected chi connectivity index (χ0v) is 16.6. The van der Waals surface area contributed by atoms with Crippen LogP contribution in [0.25, 0.3) is 0 Å². The predicted octanol–water partition coefficient (Wildman–Crippen LogP) is 3.36. The number of nitrogens with one attached hydrogen (secondary N) is 1. The Balaban J connectivity index is 2.99. The predicted molar refractivity (Wildman–Crippen MR) is 102 cm³/mol. The highest BCUT2D eigenvalue weighted by atomic mass is 32.2. The lowest BCUT2D eigenvalue weighted by molar-refractivity contribution is -0.164. The normalized spacial score (nSPS) is 15.2. The van der Waals surface area contributed by atoms with Gasteiger partial charge in [0, 0.05) is 4.90 Å². The molecule has 2 N–H and O–H groups in total. The molecule has 0 radical (unpaired) electrons. The van der Waals surface area contributed by atoms with Gasteiger partial charge in [-0.3, -0.25) is 4.79 Å². The molecule has 1 rings (SSSR count). The van der Waals surface area contributed by atoms with Crippen LogP contribution in [0.4, 0.5) is 4.79 Å². The maximum Gasteiger partial charge on any atom is 0.407 e. The number of esters is 1. The zero-order valence-electron chi connectivity index (χ0n) is 15.8. The second-order valence-corrected chi connectivity index (χ2v) is 7.70. The smallest absolute Gasteiger partial charge is 0.407 e. The monoisotopic (exact) mass is 381 g/mol. The summed E-state index contributed by atoms with van der Waals surface area (Å²) in [4.78, 5) is 25.2. The standard InChI is InChI=1S/C19H27NO5S/c1-13(21)16(17(22)25-19(2,3)4)15(20-18(23)24-5)11-12-26-14-9-7-6-8-10-14/h6-13,15-16,21H,1-5H3,(H,20,23)/b12-11+/t13-,15-,16+/m0/s1. The van der Waals surface area contributed by atoms with Crippen molar-refractivity contribution in [3.63, 3.8) is 0 Å². The molecule has 0 aliphatic carbocycles. The fourth-order valence-electron chi connectivity index (χ4n) is 2.17. The maximum absolute atomic E-state index is 12.5. The second kappa shape index (κ2) is 10.2. The molecule has 6 nitrogen and oxygen atoms in total. The Morgan fingerprint density at radius 3 is 2.35 bits per heavy atom. The number of methoxy groups -OCH3 is 1. The van der Waals surface area contributed by atoms with Crippen molar-refractivity contribution in [2.24, 2.45) is 5.92 Å². The maximum atomic E-state index is 12.5. The summed E-state index contributed by atoms with van der Waals surface area (Å²) in [5.74, 6) is -1.57. The van der Waals surface area contributed by atoms with Crippen LogP contribution < -0.4 is 5.32 Å². The lowest BCUT2D eigenvalue weighted by atomic mass is 9.94. The van der Waals surface area contributed by atoms with Gasteiger partial charge in [0.1, 0.15) is 11.5 Å². The number of alkyl carbamates (subject to hydrolysis) is 1. The van der Waals surface area contributed by atoms with Gasteiger partial charge in [-0.2, -0.15) is 0 Å². The zero-order chi connectivity index (χ0) is 19.7. The Bertz CT molecular complexity index is 610. The third-order valence-electron chi connectivity index (χ3n) is 3.29. The highest BCUT2D eigenvalue weighted by Crippen LogP contribution is 2.22. The molecule has 1 aromatic rings. The van der Waals surface area contributed by atoms with Gasteiger partial charge in [0.2, 0.25) is 0 Å². The van der Waals surface area contributed by atoms with Gasteiger partial charge in [0.05, 0.1) is 19.3 Å². The van der Waals surface area contributed by atoms with Crippen molar-refractivity contribution in [3.05, 3.63) is 41.8 Å². The van der Waals surface area contributed by atoms with E-state index in [0.717, 1.165) is 4.90 Å². The van der Waals surface area contributed by atoms with Crippen LogP contribution >= 0.6 is 11.8 Å². The minimum atomic E-state index is -1.03. The first-order valence-electron chi connectivity index (χ1n) is 8.28. The lowest BCUT2D eigenvalue weighted by Crippen LogP contribution is -2.48. The molecule has 26 heavy (non-hydrogen) atoms. The van der Waals surface area contributed by atoms with Crippen LogP contribution in [0.3, 0.4) is 0 Å².